The molecule has 0 aliphatic carbocycles. The molecule has 0 spiro atoms. The molecule has 6 heteroatoms. The van der Waals surface area contributed by atoms with Crippen molar-refractivity contribution in [1.82, 2.24) is 0 Å². The lowest BCUT2D eigenvalue weighted by atomic mass is 10.0. The number of carbonyl (C=O) groups is 1. The van der Waals surface area contributed by atoms with Crippen LogP contribution in [-0.4, -0.2) is 25.0 Å². The second kappa shape index (κ2) is 5.71. The van der Waals surface area contributed by atoms with Gasteiger partial charge < -0.3 is 9.47 Å². The second-order valence-corrected chi connectivity index (χ2v) is 5.00. The number of rotatable bonds is 3. The van der Waals surface area contributed by atoms with Crippen molar-refractivity contribution in [3.63, 3.8) is 0 Å². The fourth-order valence-corrected chi connectivity index (χ4v) is 2.31. The van der Waals surface area contributed by atoms with E-state index in [1.54, 1.807) is 13.0 Å². The Balaban J connectivity index is 2.27. The normalized spacial score (nSPS) is 21.7. The van der Waals surface area contributed by atoms with Gasteiger partial charge in [-0.1, -0.05) is 27.5 Å². The van der Waals surface area contributed by atoms with E-state index >= 15 is 0 Å². The second-order valence-electron chi connectivity index (χ2n) is 3.67. The molecule has 1 aliphatic rings. The number of carbonyl (C=O) groups excluding carboxylic acids is 1. The molecule has 1 heterocycles. The molecule has 0 radical (unpaired) electrons. The minimum absolute atomic E-state index is 0.309. The number of hydrogen-bond donors (Lipinski definition) is 0. The van der Waals surface area contributed by atoms with E-state index in [1.165, 1.54) is 6.40 Å². The van der Waals surface area contributed by atoms with E-state index in [4.69, 9.17) is 21.1 Å². The van der Waals surface area contributed by atoms with Crippen LogP contribution in [-0.2, 0) is 14.3 Å². The van der Waals surface area contributed by atoms with Crippen LogP contribution in [0.3, 0.4) is 0 Å². The van der Waals surface area contributed by atoms with Crippen LogP contribution in [0, 0.1) is 0 Å². The maximum absolute atomic E-state index is 11.8. The molecule has 18 heavy (non-hydrogen) atoms. The highest BCUT2D eigenvalue weighted by Crippen LogP contribution is 2.34. The van der Waals surface area contributed by atoms with Gasteiger partial charge in [-0.25, -0.2) is 9.79 Å². The summed E-state index contributed by atoms with van der Waals surface area (Å²) in [5.41, 5.74) is 0.710. The number of hydrogen-bond acceptors (Lipinski definition) is 4. The van der Waals surface area contributed by atoms with Crippen LogP contribution < -0.4 is 0 Å². The number of esters is 1. The summed E-state index contributed by atoms with van der Waals surface area (Å²) in [5.74, 6) is -0.410. The predicted octanol–water partition coefficient (Wildman–Crippen LogP) is 3.13. The van der Waals surface area contributed by atoms with Crippen molar-refractivity contribution in [3.8, 4) is 0 Å². The summed E-state index contributed by atoms with van der Waals surface area (Å²) in [6, 6.07) is 4.68. The molecule has 0 amide bonds. The summed E-state index contributed by atoms with van der Waals surface area (Å²) in [7, 11) is 0. The molecule has 0 aromatic heterocycles. The number of benzene rings is 1. The average molecular weight is 333 g/mol. The van der Waals surface area contributed by atoms with Gasteiger partial charge in [0.1, 0.15) is 0 Å². The highest BCUT2D eigenvalue weighted by Gasteiger charge is 2.36. The number of ether oxygens (including phenoxy) is 2. The number of halogens is 2. The molecule has 1 aromatic carbocycles. The minimum atomic E-state index is -0.697. The Morgan fingerprint density at radius 1 is 1.61 bits per heavy atom. The molecule has 0 bridgehead atoms. The molecular weight excluding hydrogens is 321 g/mol. The average Bonchev–Trinajstić information content (AvgIpc) is 2.81. The lowest BCUT2D eigenvalue weighted by Gasteiger charge is -2.17. The first-order chi connectivity index (χ1) is 8.63. The van der Waals surface area contributed by atoms with Gasteiger partial charge in [-0.05, 0) is 25.1 Å². The number of aliphatic imine (C=N–C) groups is 1. The first kappa shape index (κ1) is 13.4. The van der Waals surface area contributed by atoms with E-state index in [9.17, 15) is 4.79 Å². The SMILES string of the molecule is CCOC(=O)C1N=COC1c1cc(Br)ccc1Cl. The molecule has 4 nitrogen and oxygen atoms in total. The predicted molar refractivity (Wildman–Crippen MR) is 71.9 cm³/mol. The third kappa shape index (κ3) is 2.67. The van der Waals surface area contributed by atoms with Crippen LogP contribution in [0.4, 0.5) is 0 Å². The quantitative estimate of drug-likeness (QED) is 0.799. The van der Waals surface area contributed by atoms with Crippen molar-refractivity contribution in [3.05, 3.63) is 33.3 Å². The van der Waals surface area contributed by atoms with Crippen LogP contribution in [0.15, 0.2) is 27.7 Å². The van der Waals surface area contributed by atoms with Crippen molar-refractivity contribution in [1.29, 1.82) is 0 Å². The summed E-state index contributed by atoms with van der Waals surface area (Å²) < 4.78 is 11.2. The Kier molecular flexibility index (Phi) is 4.24. The highest BCUT2D eigenvalue weighted by molar-refractivity contribution is 9.10. The minimum Gasteiger partial charge on any atom is -0.473 e. The van der Waals surface area contributed by atoms with Crippen LogP contribution in [0.25, 0.3) is 0 Å². The zero-order valence-corrected chi connectivity index (χ0v) is 11.9. The van der Waals surface area contributed by atoms with Gasteiger partial charge in [0.25, 0.3) is 0 Å². The third-order valence-corrected chi connectivity index (χ3v) is 3.35. The summed E-state index contributed by atoms with van der Waals surface area (Å²) >= 11 is 9.47. The van der Waals surface area contributed by atoms with E-state index in [2.05, 4.69) is 20.9 Å². The fourth-order valence-electron chi connectivity index (χ4n) is 1.71. The van der Waals surface area contributed by atoms with E-state index in [0.717, 1.165) is 4.47 Å². The summed E-state index contributed by atoms with van der Waals surface area (Å²) in [6.45, 7) is 2.06. The summed E-state index contributed by atoms with van der Waals surface area (Å²) in [5, 5.41) is 0.531. The fraction of sp³-hybridized carbons (Fsp3) is 0.333. The lowest BCUT2D eigenvalue weighted by Crippen LogP contribution is -2.26. The van der Waals surface area contributed by atoms with Gasteiger partial charge in [0.2, 0.25) is 0 Å². The van der Waals surface area contributed by atoms with E-state index in [-0.39, 0.29) is 0 Å². The standard InChI is InChI=1S/C12H11BrClNO3/c1-2-17-12(16)10-11(18-6-15-10)8-5-7(13)3-4-9(8)14/h3-6,10-11H,2H2,1H3. The van der Waals surface area contributed by atoms with Crippen LogP contribution in [0.2, 0.25) is 5.02 Å². The Morgan fingerprint density at radius 2 is 2.39 bits per heavy atom. The van der Waals surface area contributed by atoms with Crippen LogP contribution >= 0.6 is 27.5 Å². The first-order valence-corrected chi connectivity index (χ1v) is 6.59. The van der Waals surface area contributed by atoms with Gasteiger partial charge in [-0.15, -0.1) is 0 Å². The third-order valence-electron chi connectivity index (χ3n) is 2.51. The summed E-state index contributed by atoms with van der Waals surface area (Å²) in [4.78, 5) is 15.7. The Morgan fingerprint density at radius 3 is 3.11 bits per heavy atom. The molecule has 1 aliphatic heterocycles. The Hall–Kier alpha value is -1.07. The van der Waals surface area contributed by atoms with Gasteiger partial charge in [-0.2, -0.15) is 0 Å². The Labute approximate surface area is 118 Å². The van der Waals surface area contributed by atoms with Crippen molar-refractivity contribution in [2.24, 2.45) is 4.99 Å². The van der Waals surface area contributed by atoms with Crippen molar-refractivity contribution in [2.75, 3.05) is 6.61 Å². The van der Waals surface area contributed by atoms with Crippen LogP contribution in [0.5, 0.6) is 0 Å². The van der Waals surface area contributed by atoms with Crippen LogP contribution in [0.1, 0.15) is 18.6 Å². The molecule has 0 saturated carbocycles. The molecule has 0 fully saturated rings. The molecule has 96 valence electrons. The maximum Gasteiger partial charge on any atom is 0.335 e. The molecule has 2 rings (SSSR count). The lowest BCUT2D eigenvalue weighted by molar-refractivity contribution is -0.146. The summed E-state index contributed by atoms with van der Waals surface area (Å²) in [6.07, 6.45) is 0.734. The van der Waals surface area contributed by atoms with Gasteiger partial charge in [-0.3, -0.25) is 0 Å². The van der Waals surface area contributed by atoms with Crippen molar-refractivity contribution in [2.45, 2.75) is 19.1 Å². The maximum atomic E-state index is 11.8. The zero-order chi connectivity index (χ0) is 13.1. The molecule has 0 saturated heterocycles. The van der Waals surface area contributed by atoms with Gasteiger partial charge in [0.15, 0.2) is 18.5 Å². The first-order valence-electron chi connectivity index (χ1n) is 5.42. The Bertz CT molecular complexity index is 492. The molecular formula is C12H11BrClNO3. The van der Waals surface area contributed by atoms with E-state index < -0.39 is 18.1 Å². The monoisotopic (exact) mass is 331 g/mol. The molecule has 2 atom stereocenters. The van der Waals surface area contributed by atoms with Gasteiger partial charge >= 0.3 is 5.97 Å². The highest BCUT2D eigenvalue weighted by atomic mass is 79.9. The van der Waals surface area contributed by atoms with E-state index in [1.807, 2.05) is 12.1 Å². The number of nitrogens with zero attached hydrogens (tertiary/aromatic N) is 1. The molecule has 2 unspecified atom stereocenters. The topological polar surface area (TPSA) is 47.9 Å². The zero-order valence-electron chi connectivity index (χ0n) is 9.60. The van der Waals surface area contributed by atoms with E-state index in [0.29, 0.717) is 17.2 Å². The van der Waals surface area contributed by atoms with Gasteiger partial charge in [0.05, 0.1) is 6.61 Å². The molecule has 1 aromatic rings. The molecule has 0 N–H and O–H groups in total. The van der Waals surface area contributed by atoms with Crippen molar-refractivity contribution < 1.29 is 14.3 Å². The van der Waals surface area contributed by atoms with Crippen molar-refractivity contribution >= 4 is 39.9 Å². The van der Waals surface area contributed by atoms with Gasteiger partial charge in [0, 0.05) is 15.1 Å². The largest absolute Gasteiger partial charge is 0.473 e. The smallest absolute Gasteiger partial charge is 0.335 e.